The molecule has 190 valence electrons. The first-order valence-electron chi connectivity index (χ1n) is 12.3. The number of amides is 2. The molecular formula is C27H37N3O4S. The zero-order valence-corrected chi connectivity index (χ0v) is 21.9. The van der Waals surface area contributed by atoms with Gasteiger partial charge < -0.3 is 10.2 Å². The van der Waals surface area contributed by atoms with Crippen LogP contribution in [-0.4, -0.2) is 50.0 Å². The second kappa shape index (κ2) is 11.7. The number of para-hydroxylation sites is 1. The monoisotopic (exact) mass is 499 g/mol. The molecule has 0 heterocycles. The van der Waals surface area contributed by atoms with Crippen LogP contribution in [0.5, 0.6) is 0 Å². The summed E-state index contributed by atoms with van der Waals surface area (Å²) in [6.45, 7) is 5.51. The molecule has 0 bridgehead atoms. The average molecular weight is 500 g/mol. The number of hydrogen-bond donors (Lipinski definition) is 1. The molecule has 0 radical (unpaired) electrons. The van der Waals surface area contributed by atoms with E-state index in [1.807, 2.05) is 56.3 Å². The van der Waals surface area contributed by atoms with Crippen LogP contribution in [0.1, 0.15) is 63.5 Å². The molecule has 35 heavy (non-hydrogen) atoms. The lowest BCUT2D eigenvalue weighted by atomic mass is 10.0. The van der Waals surface area contributed by atoms with E-state index in [4.69, 9.17) is 0 Å². The number of nitrogens with one attached hydrogen (secondary N) is 1. The molecule has 1 aliphatic carbocycles. The summed E-state index contributed by atoms with van der Waals surface area (Å²) in [5.74, 6) is -0.566. The maximum Gasteiger partial charge on any atom is 0.244 e. The van der Waals surface area contributed by atoms with Gasteiger partial charge in [0.1, 0.15) is 12.6 Å². The average Bonchev–Trinajstić information content (AvgIpc) is 3.33. The number of hydrogen-bond acceptors (Lipinski definition) is 4. The molecule has 2 aromatic rings. The van der Waals surface area contributed by atoms with Crippen LogP contribution in [0.4, 0.5) is 5.69 Å². The minimum Gasteiger partial charge on any atom is -0.352 e. The first kappa shape index (κ1) is 26.7. The Morgan fingerprint density at radius 2 is 1.57 bits per heavy atom. The summed E-state index contributed by atoms with van der Waals surface area (Å²) in [4.78, 5) is 28.3. The van der Waals surface area contributed by atoms with Gasteiger partial charge in [0.05, 0.1) is 11.9 Å². The first-order chi connectivity index (χ1) is 16.6. The van der Waals surface area contributed by atoms with Crippen LogP contribution in [0.25, 0.3) is 0 Å². The van der Waals surface area contributed by atoms with Crippen LogP contribution in [-0.2, 0) is 26.2 Å². The Hall–Kier alpha value is -2.87. The third-order valence-electron chi connectivity index (χ3n) is 6.57. The first-order valence-corrected chi connectivity index (χ1v) is 14.1. The van der Waals surface area contributed by atoms with Crippen molar-refractivity contribution in [2.75, 3.05) is 17.1 Å². The quantitative estimate of drug-likeness (QED) is 0.534. The summed E-state index contributed by atoms with van der Waals surface area (Å²) in [5.41, 5.74) is 2.20. The predicted octanol–water partition coefficient (Wildman–Crippen LogP) is 4.05. The molecule has 8 heteroatoms. The van der Waals surface area contributed by atoms with E-state index in [-0.39, 0.29) is 31.0 Å². The van der Waals surface area contributed by atoms with Crippen molar-refractivity contribution >= 4 is 27.5 Å². The van der Waals surface area contributed by atoms with Gasteiger partial charge in [-0.1, -0.05) is 75.2 Å². The minimum atomic E-state index is -3.75. The van der Waals surface area contributed by atoms with Crippen molar-refractivity contribution in [3.05, 3.63) is 65.7 Å². The number of sulfonamides is 1. The van der Waals surface area contributed by atoms with E-state index in [1.165, 1.54) is 4.90 Å². The largest absolute Gasteiger partial charge is 0.352 e. The molecule has 1 aliphatic rings. The van der Waals surface area contributed by atoms with E-state index in [1.54, 1.807) is 19.1 Å². The SMILES string of the molecule is CC(C)c1ccccc1N(CC(=O)N(Cc1ccccc1)[C@H](C)C(=O)NC1CCCC1)S(C)(=O)=O. The van der Waals surface area contributed by atoms with Crippen molar-refractivity contribution in [2.45, 2.75) is 71.0 Å². The second-order valence-electron chi connectivity index (χ2n) is 9.66. The smallest absolute Gasteiger partial charge is 0.244 e. The summed E-state index contributed by atoms with van der Waals surface area (Å²) >= 11 is 0. The molecule has 1 N–H and O–H groups in total. The lowest BCUT2D eigenvalue weighted by molar-refractivity contribution is -0.139. The van der Waals surface area contributed by atoms with Gasteiger partial charge in [-0.2, -0.15) is 0 Å². The lowest BCUT2D eigenvalue weighted by Crippen LogP contribution is -2.52. The standard InChI is InChI=1S/C27H37N3O4S/c1-20(2)24-16-10-11-17-25(24)30(35(4,33)34)19-26(31)29(18-22-12-6-5-7-13-22)21(3)27(32)28-23-14-8-9-15-23/h5-7,10-13,16-17,20-21,23H,8-9,14-15,18-19H2,1-4H3,(H,28,32)/t21-/m1/s1. The Labute approximate surface area is 209 Å². The Bertz CT molecular complexity index is 1110. The van der Waals surface area contributed by atoms with Gasteiger partial charge in [0.15, 0.2) is 0 Å². The minimum absolute atomic E-state index is 0.0714. The normalized spacial score (nSPS) is 15.1. The molecule has 0 unspecified atom stereocenters. The molecule has 1 saturated carbocycles. The number of nitrogens with zero attached hydrogens (tertiary/aromatic N) is 2. The molecule has 3 rings (SSSR count). The van der Waals surface area contributed by atoms with Gasteiger partial charge in [-0.15, -0.1) is 0 Å². The van der Waals surface area contributed by atoms with Gasteiger partial charge >= 0.3 is 0 Å². The van der Waals surface area contributed by atoms with E-state index < -0.39 is 22.0 Å². The number of anilines is 1. The number of carbonyl (C=O) groups is 2. The van der Waals surface area contributed by atoms with E-state index in [0.29, 0.717) is 5.69 Å². The maximum absolute atomic E-state index is 13.7. The second-order valence-corrected chi connectivity index (χ2v) is 11.6. The predicted molar refractivity (Wildman–Crippen MR) is 140 cm³/mol. The van der Waals surface area contributed by atoms with Crippen LogP contribution >= 0.6 is 0 Å². The highest BCUT2D eigenvalue weighted by atomic mass is 32.2. The molecule has 0 saturated heterocycles. The lowest BCUT2D eigenvalue weighted by Gasteiger charge is -2.32. The fourth-order valence-corrected chi connectivity index (χ4v) is 5.42. The highest BCUT2D eigenvalue weighted by Gasteiger charge is 2.32. The van der Waals surface area contributed by atoms with E-state index in [2.05, 4.69) is 5.32 Å². The van der Waals surface area contributed by atoms with Crippen LogP contribution < -0.4 is 9.62 Å². The van der Waals surface area contributed by atoms with Gasteiger partial charge in [0.25, 0.3) is 0 Å². The molecule has 0 aromatic heterocycles. The van der Waals surface area contributed by atoms with Gasteiger partial charge in [-0.05, 0) is 42.9 Å². The topological polar surface area (TPSA) is 86.8 Å². The van der Waals surface area contributed by atoms with E-state index in [9.17, 15) is 18.0 Å². The molecule has 1 fully saturated rings. The van der Waals surface area contributed by atoms with Crippen molar-refractivity contribution in [1.29, 1.82) is 0 Å². The molecule has 1 atom stereocenters. The number of benzene rings is 2. The van der Waals surface area contributed by atoms with Crippen LogP contribution in [0, 0.1) is 0 Å². The highest BCUT2D eigenvalue weighted by Crippen LogP contribution is 2.29. The van der Waals surface area contributed by atoms with Crippen molar-refractivity contribution in [1.82, 2.24) is 10.2 Å². The van der Waals surface area contributed by atoms with Crippen molar-refractivity contribution in [3.63, 3.8) is 0 Å². The molecule has 2 aromatic carbocycles. The third-order valence-corrected chi connectivity index (χ3v) is 7.70. The highest BCUT2D eigenvalue weighted by molar-refractivity contribution is 7.92. The van der Waals surface area contributed by atoms with Gasteiger partial charge in [-0.25, -0.2) is 8.42 Å². The summed E-state index contributed by atoms with van der Waals surface area (Å²) in [6.07, 6.45) is 5.17. The Morgan fingerprint density at radius 1 is 0.971 bits per heavy atom. The fourth-order valence-electron chi connectivity index (χ4n) is 4.55. The molecule has 0 spiro atoms. The summed E-state index contributed by atoms with van der Waals surface area (Å²) < 4.78 is 26.8. The number of carbonyl (C=O) groups excluding carboxylic acids is 2. The molecule has 2 amide bonds. The summed E-state index contributed by atoms with van der Waals surface area (Å²) in [5, 5.41) is 3.07. The van der Waals surface area contributed by atoms with E-state index in [0.717, 1.165) is 47.4 Å². The van der Waals surface area contributed by atoms with Crippen LogP contribution in [0.15, 0.2) is 54.6 Å². The maximum atomic E-state index is 13.7. The summed E-state index contributed by atoms with van der Waals surface area (Å²) in [6, 6.07) is 16.0. The van der Waals surface area contributed by atoms with Gasteiger partial charge in [0, 0.05) is 12.6 Å². The molecule has 7 nitrogen and oxygen atoms in total. The van der Waals surface area contributed by atoms with Crippen LogP contribution in [0.2, 0.25) is 0 Å². The Kier molecular flexibility index (Phi) is 8.94. The van der Waals surface area contributed by atoms with Gasteiger partial charge in [-0.3, -0.25) is 13.9 Å². The van der Waals surface area contributed by atoms with E-state index >= 15 is 0 Å². The molecule has 0 aliphatic heterocycles. The Morgan fingerprint density at radius 3 is 2.17 bits per heavy atom. The Balaban J connectivity index is 1.90. The molecular weight excluding hydrogens is 462 g/mol. The van der Waals surface area contributed by atoms with Crippen molar-refractivity contribution in [2.24, 2.45) is 0 Å². The fraction of sp³-hybridized carbons (Fsp3) is 0.481. The summed E-state index contributed by atoms with van der Waals surface area (Å²) in [7, 11) is -3.75. The van der Waals surface area contributed by atoms with Crippen molar-refractivity contribution < 1.29 is 18.0 Å². The number of rotatable bonds is 10. The zero-order chi connectivity index (χ0) is 25.6. The van der Waals surface area contributed by atoms with Gasteiger partial charge in [0.2, 0.25) is 21.8 Å². The zero-order valence-electron chi connectivity index (χ0n) is 21.1. The van der Waals surface area contributed by atoms with Crippen molar-refractivity contribution in [3.8, 4) is 0 Å². The van der Waals surface area contributed by atoms with Crippen LogP contribution in [0.3, 0.4) is 0 Å². The third kappa shape index (κ3) is 7.07.